The van der Waals surface area contributed by atoms with Gasteiger partial charge in [-0.15, -0.1) is 0 Å². The van der Waals surface area contributed by atoms with Crippen LogP contribution in [0.5, 0.6) is 0 Å². The zero-order valence-corrected chi connectivity index (χ0v) is 10.7. The zero-order chi connectivity index (χ0) is 15.1. The molecule has 0 aromatic heterocycles. The summed E-state index contributed by atoms with van der Waals surface area (Å²) in [7, 11) is 0. The molecule has 0 saturated heterocycles. The van der Waals surface area contributed by atoms with Crippen LogP contribution in [-0.2, 0) is 19.2 Å². The number of hydrogen-bond acceptors (Lipinski definition) is 4. The van der Waals surface area contributed by atoms with E-state index in [1.807, 2.05) is 0 Å². The quantitative estimate of drug-likeness (QED) is 0.545. The van der Waals surface area contributed by atoms with Crippen molar-refractivity contribution < 1.29 is 34.5 Å². The van der Waals surface area contributed by atoms with E-state index in [9.17, 15) is 19.2 Å². The normalized spacial score (nSPS) is 13.5. The van der Waals surface area contributed by atoms with E-state index in [2.05, 4.69) is 0 Å². The molecule has 7 nitrogen and oxygen atoms in total. The van der Waals surface area contributed by atoms with Gasteiger partial charge in [-0.1, -0.05) is 0 Å². The molecule has 0 amide bonds. The van der Waals surface area contributed by atoms with Gasteiger partial charge in [-0.2, -0.15) is 0 Å². The van der Waals surface area contributed by atoms with Crippen molar-refractivity contribution in [3.05, 3.63) is 0 Å². The molecule has 0 aliphatic rings. The first-order valence-corrected chi connectivity index (χ1v) is 5.86. The topological polar surface area (TPSA) is 129 Å². The molecule has 0 heterocycles. The second kappa shape index (κ2) is 7.50. The fraction of sp³-hybridized carbons (Fsp3) is 0.667. The van der Waals surface area contributed by atoms with Gasteiger partial charge in [0.25, 0.3) is 0 Å². The van der Waals surface area contributed by atoms with Crippen LogP contribution < -0.4 is 0 Å². The molecule has 0 aliphatic carbocycles. The molecule has 0 saturated carbocycles. The number of aliphatic carboxylic acids is 3. The fourth-order valence-electron chi connectivity index (χ4n) is 1.99. The number of carboxylic acid groups (broad SMARTS) is 3. The third kappa shape index (κ3) is 6.54. The van der Waals surface area contributed by atoms with Crippen molar-refractivity contribution in [2.75, 3.05) is 0 Å². The van der Waals surface area contributed by atoms with Gasteiger partial charge in [-0.05, 0) is 26.2 Å². The number of Topliss-reactive ketones (excluding diaryl/α,β-unsaturated/α-hetero) is 1. The van der Waals surface area contributed by atoms with Crippen LogP contribution in [0, 0.1) is 5.41 Å². The lowest BCUT2D eigenvalue weighted by Gasteiger charge is -2.29. The molecular formula is C12H18O7. The monoisotopic (exact) mass is 274 g/mol. The summed E-state index contributed by atoms with van der Waals surface area (Å²) in [6, 6.07) is 0. The number of rotatable bonds is 10. The van der Waals surface area contributed by atoms with E-state index < -0.39 is 35.5 Å². The lowest BCUT2D eigenvalue weighted by Crippen LogP contribution is -2.33. The number of carbonyl (C=O) groups is 4. The van der Waals surface area contributed by atoms with E-state index in [1.165, 1.54) is 6.92 Å². The van der Waals surface area contributed by atoms with E-state index >= 15 is 0 Å². The zero-order valence-electron chi connectivity index (χ0n) is 10.7. The first-order valence-electron chi connectivity index (χ1n) is 5.86. The minimum absolute atomic E-state index is 0.0637. The summed E-state index contributed by atoms with van der Waals surface area (Å²) in [5.41, 5.74) is -1.29. The summed E-state index contributed by atoms with van der Waals surface area (Å²) >= 11 is 0. The highest BCUT2D eigenvalue weighted by Crippen LogP contribution is 2.35. The minimum Gasteiger partial charge on any atom is -0.481 e. The van der Waals surface area contributed by atoms with E-state index in [4.69, 9.17) is 15.3 Å². The number of carboxylic acids is 3. The van der Waals surface area contributed by atoms with Crippen LogP contribution in [0.15, 0.2) is 0 Å². The van der Waals surface area contributed by atoms with Crippen LogP contribution in [0.3, 0.4) is 0 Å². The summed E-state index contributed by atoms with van der Waals surface area (Å²) in [6.45, 7) is 1.21. The Bertz CT molecular complexity index is 374. The van der Waals surface area contributed by atoms with E-state index in [-0.39, 0.29) is 32.1 Å². The van der Waals surface area contributed by atoms with Gasteiger partial charge >= 0.3 is 17.9 Å². The van der Waals surface area contributed by atoms with E-state index in [1.54, 1.807) is 0 Å². The second-order valence-corrected chi connectivity index (χ2v) is 4.55. The lowest BCUT2D eigenvalue weighted by atomic mass is 9.73. The predicted octanol–water partition coefficient (Wildman–Crippen LogP) is 1.16. The Morgan fingerprint density at radius 2 is 1.37 bits per heavy atom. The summed E-state index contributed by atoms with van der Waals surface area (Å²) in [4.78, 5) is 43.6. The van der Waals surface area contributed by atoms with Crippen LogP contribution >= 0.6 is 0 Å². The Morgan fingerprint density at radius 1 is 0.842 bits per heavy atom. The molecule has 0 radical (unpaired) electrons. The highest BCUT2D eigenvalue weighted by atomic mass is 16.4. The summed E-state index contributed by atoms with van der Waals surface area (Å²) in [5.74, 6) is -3.77. The Morgan fingerprint density at radius 3 is 1.74 bits per heavy atom. The van der Waals surface area contributed by atoms with Crippen molar-refractivity contribution in [2.45, 2.75) is 45.4 Å². The highest BCUT2D eigenvalue weighted by Gasteiger charge is 2.37. The van der Waals surface area contributed by atoms with Gasteiger partial charge in [0.2, 0.25) is 0 Å². The average molecular weight is 274 g/mol. The minimum atomic E-state index is -1.29. The van der Waals surface area contributed by atoms with Crippen molar-refractivity contribution >= 4 is 23.7 Å². The predicted molar refractivity (Wildman–Crippen MR) is 63.7 cm³/mol. The maximum Gasteiger partial charge on any atom is 0.304 e. The van der Waals surface area contributed by atoms with Crippen LogP contribution in [0.2, 0.25) is 0 Å². The van der Waals surface area contributed by atoms with Gasteiger partial charge in [0, 0.05) is 18.3 Å². The average Bonchev–Trinajstić information content (AvgIpc) is 2.23. The lowest BCUT2D eigenvalue weighted by molar-refractivity contribution is -0.147. The van der Waals surface area contributed by atoms with E-state index in [0.29, 0.717) is 0 Å². The van der Waals surface area contributed by atoms with Gasteiger partial charge < -0.3 is 15.3 Å². The molecule has 0 aromatic rings. The Labute approximate surface area is 110 Å². The molecule has 0 aliphatic heterocycles. The standard InChI is InChI=1S/C12H18O7/c1-8(13)12(7-11(18)19,6-4-10(16)17)5-2-3-9(14)15/h2-7H2,1H3,(H,14,15)(H,16,17)(H,18,19). The first kappa shape index (κ1) is 17.1. The molecule has 0 aromatic carbocycles. The molecule has 0 fully saturated rings. The molecule has 7 heteroatoms. The van der Waals surface area contributed by atoms with Gasteiger partial charge in [-0.3, -0.25) is 19.2 Å². The van der Waals surface area contributed by atoms with Crippen molar-refractivity contribution in [1.82, 2.24) is 0 Å². The summed E-state index contributed by atoms with van der Waals surface area (Å²) in [6.07, 6.45) is -0.865. The SMILES string of the molecule is CC(=O)C(CCCC(=O)O)(CCC(=O)O)CC(=O)O. The van der Waals surface area contributed by atoms with Crippen LogP contribution in [-0.4, -0.2) is 39.0 Å². The summed E-state index contributed by atoms with van der Waals surface area (Å²) in [5, 5.41) is 26.1. The number of hydrogen-bond donors (Lipinski definition) is 3. The summed E-state index contributed by atoms with van der Waals surface area (Å²) < 4.78 is 0. The maximum atomic E-state index is 11.7. The van der Waals surface area contributed by atoms with Crippen LogP contribution in [0.4, 0.5) is 0 Å². The van der Waals surface area contributed by atoms with Crippen molar-refractivity contribution in [3.8, 4) is 0 Å². The first-order chi connectivity index (χ1) is 8.69. The van der Waals surface area contributed by atoms with Gasteiger partial charge in [0.05, 0.1) is 6.42 Å². The van der Waals surface area contributed by atoms with Crippen molar-refractivity contribution in [3.63, 3.8) is 0 Å². The number of carbonyl (C=O) groups excluding carboxylic acids is 1. The largest absolute Gasteiger partial charge is 0.481 e. The third-order valence-electron chi connectivity index (χ3n) is 3.10. The molecule has 0 spiro atoms. The second-order valence-electron chi connectivity index (χ2n) is 4.55. The molecule has 1 atom stereocenters. The van der Waals surface area contributed by atoms with Crippen LogP contribution in [0.25, 0.3) is 0 Å². The van der Waals surface area contributed by atoms with Gasteiger partial charge in [-0.25, -0.2) is 0 Å². The molecule has 0 rings (SSSR count). The number of ketones is 1. The molecular weight excluding hydrogens is 256 g/mol. The molecule has 0 bridgehead atoms. The third-order valence-corrected chi connectivity index (χ3v) is 3.10. The Hall–Kier alpha value is -1.92. The Balaban J connectivity index is 4.90. The highest BCUT2D eigenvalue weighted by molar-refractivity contribution is 5.87. The Kier molecular flexibility index (Phi) is 6.74. The molecule has 1 unspecified atom stereocenters. The van der Waals surface area contributed by atoms with Crippen molar-refractivity contribution in [2.24, 2.45) is 5.41 Å². The smallest absolute Gasteiger partial charge is 0.304 e. The van der Waals surface area contributed by atoms with Gasteiger partial charge in [0.15, 0.2) is 0 Å². The fourth-order valence-corrected chi connectivity index (χ4v) is 1.99. The maximum absolute atomic E-state index is 11.7. The molecule has 3 N–H and O–H groups in total. The van der Waals surface area contributed by atoms with Crippen LogP contribution in [0.1, 0.15) is 45.4 Å². The molecule has 19 heavy (non-hydrogen) atoms. The van der Waals surface area contributed by atoms with Gasteiger partial charge in [0.1, 0.15) is 5.78 Å². The molecule has 108 valence electrons. The van der Waals surface area contributed by atoms with Crippen molar-refractivity contribution in [1.29, 1.82) is 0 Å². The van der Waals surface area contributed by atoms with E-state index in [0.717, 1.165) is 0 Å².